The Morgan fingerprint density at radius 1 is 1.04 bits per heavy atom. The third kappa shape index (κ3) is 4.35. The van der Waals surface area contributed by atoms with E-state index in [2.05, 4.69) is 0 Å². The van der Waals surface area contributed by atoms with E-state index in [0.29, 0.717) is 31.1 Å². The minimum atomic E-state index is -3.47. The third-order valence-corrected chi connectivity index (χ3v) is 7.04. The van der Waals surface area contributed by atoms with Crippen LogP contribution < -0.4 is 4.90 Å². The van der Waals surface area contributed by atoms with Crippen molar-refractivity contribution in [2.45, 2.75) is 25.3 Å². The number of nitro benzene ring substituents is 1. The van der Waals surface area contributed by atoms with Gasteiger partial charge in [0.05, 0.1) is 36.0 Å². The van der Waals surface area contributed by atoms with E-state index in [0.717, 1.165) is 23.2 Å². The van der Waals surface area contributed by atoms with E-state index < -0.39 is 14.9 Å². The summed E-state index contributed by atoms with van der Waals surface area (Å²) in [6.45, 7) is 6.97. The maximum atomic E-state index is 12.9. The zero-order chi connectivity index (χ0) is 19.6. The molecule has 3 rings (SSSR count). The second kappa shape index (κ2) is 7.75. The SMILES string of the molecule is Cc1ccc(S(=O)(=O)N2CC[NH+](Cc3ccc([N+](=O)[O-])cc3)CC2)cc1C. The van der Waals surface area contributed by atoms with Gasteiger partial charge in [-0.1, -0.05) is 6.07 Å². The molecule has 1 N–H and O–H groups in total. The van der Waals surface area contributed by atoms with Crippen molar-refractivity contribution in [3.05, 3.63) is 69.3 Å². The molecule has 2 aromatic carbocycles. The average Bonchev–Trinajstić information content (AvgIpc) is 2.65. The number of rotatable bonds is 5. The Morgan fingerprint density at radius 3 is 2.22 bits per heavy atom. The highest BCUT2D eigenvalue weighted by Gasteiger charge is 2.30. The quantitative estimate of drug-likeness (QED) is 0.616. The van der Waals surface area contributed by atoms with Gasteiger partial charge in [0, 0.05) is 17.7 Å². The van der Waals surface area contributed by atoms with Crippen LogP contribution in [0.15, 0.2) is 47.4 Å². The first-order valence-electron chi connectivity index (χ1n) is 8.91. The molecule has 1 aliphatic heterocycles. The number of aryl methyl sites for hydroxylation is 2. The first-order chi connectivity index (χ1) is 12.8. The molecule has 0 aliphatic carbocycles. The van der Waals surface area contributed by atoms with Gasteiger partial charge in [0.2, 0.25) is 10.0 Å². The summed E-state index contributed by atoms with van der Waals surface area (Å²) in [4.78, 5) is 11.9. The molecule has 0 radical (unpaired) electrons. The second-order valence-electron chi connectivity index (χ2n) is 7.00. The minimum absolute atomic E-state index is 0.0815. The molecule has 0 spiro atoms. The van der Waals surface area contributed by atoms with E-state index in [1.54, 1.807) is 28.6 Å². The number of nitrogens with zero attached hydrogens (tertiary/aromatic N) is 2. The van der Waals surface area contributed by atoms with Gasteiger partial charge < -0.3 is 4.90 Å². The minimum Gasteiger partial charge on any atom is -0.329 e. The van der Waals surface area contributed by atoms with Crippen molar-refractivity contribution in [2.24, 2.45) is 0 Å². The van der Waals surface area contributed by atoms with Crippen LogP contribution in [0.3, 0.4) is 0 Å². The molecule has 0 aromatic heterocycles. The molecule has 1 aliphatic rings. The molecule has 7 nitrogen and oxygen atoms in total. The van der Waals surface area contributed by atoms with Crippen molar-refractivity contribution in [1.82, 2.24) is 4.31 Å². The molecular weight excluding hydrogens is 366 g/mol. The van der Waals surface area contributed by atoms with Crippen molar-refractivity contribution in [3.8, 4) is 0 Å². The van der Waals surface area contributed by atoms with Crippen molar-refractivity contribution >= 4 is 15.7 Å². The van der Waals surface area contributed by atoms with Crippen molar-refractivity contribution in [2.75, 3.05) is 26.2 Å². The second-order valence-corrected chi connectivity index (χ2v) is 8.94. The Labute approximate surface area is 159 Å². The molecule has 1 fully saturated rings. The van der Waals surface area contributed by atoms with Crippen LogP contribution in [0.5, 0.6) is 0 Å². The lowest BCUT2D eigenvalue weighted by Crippen LogP contribution is -3.13. The fourth-order valence-electron chi connectivity index (χ4n) is 3.27. The van der Waals surface area contributed by atoms with Gasteiger partial charge >= 0.3 is 0 Å². The van der Waals surface area contributed by atoms with Gasteiger partial charge in [-0.25, -0.2) is 8.42 Å². The van der Waals surface area contributed by atoms with Crippen molar-refractivity contribution in [3.63, 3.8) is 0 Å². The van der Waals surface area contributed by atoms with Crippen molar-refractivity contribution in [1.29, 1.82) is 0 Å². The van der Waals surface area contributed by atoms with Gasteiger partial charge in [0.1, 0.15) is 6.54 Å². The Morgan fingerprint density at radius 2 is 1.67 bits per heavy atom. The van der Waals surface area contributed by atoms with Crippen LogP contribution in [0.25, 0.3) is 0 Å². The van der Waals surface area contributed by atoms with E-state index in [1.165, 1.54) is 17.0 Å². The highest BCUT2D eigenvalue weighted by molar-refractivity contribution is 7.89. The molecule has 0 amide bonds. The van der Waals surface area contributed by atoms with Gasteiger partial charge in [-0.05, 0) is 49.2 Å². The molecular formula is C19H24N3O4S+. The molecule has 1 saturated heterocycles. The predicted octanol–water partition coefficient (Wildman–Crippen LogP) is 1.30. The monoisotopic (exact) mass is 390 g/mol. The van der Waals surface area contributed by atoms with Crippen molar-refractivity contribution < 1.29 is 18.2 Å². The maximum Gasteiger partial charge on any atom is 0.269 e. The molecule has 1 heterocycles. The molecule has 0 bridgehead atoms. The van der Waals surface area contributed by atoms with E-state index in [1.807, 2.05) is 19.9 Å². The fourth-order valence-corrected chi connectivity index (χ4v) is 4.79. The van der Waals surface area contributed by atoms with Crippen LogP contribution in [0.4, 0.5) is 5.69 Å². The predicted molar refractivity (Wildman–Crippen MR) is 102 cm³/mol. The summed E-state index contributed by atoms with van der Waals surface area (Å²) in [6, 6.07) is 11.8. The number of hydrogen-bond donors (Lipinski definition) is 1. The number of benzene rings is 2. The van der Waals surface area contributed by atoms with Crippen LogP contribution in [-0.2, 0) is 16.6 Å². The molecule has 2 aromatic rings. The number of sulfonamides is 1. The molecule has 27 heavy (non-hydrogen) atoms. The van der Waals surface area contributed by atoms with E-state index in [9.17, 15) is 18.5 Å². The normalized spacial score (nSPS) is 16.4. The number of nitrogens with one attached hydrogen (secondary N) is 1. The zero-order valence-corrected chi connectivity index (χ0v) is 16.3. The van der Waals surface area contributed by atoms with E-state index in [-0.39, 0.29) is 5.69 Å². The van der Waals surface area contributed by atoms with Crippen LogP contribution in [0.1, 0.15) is 16.7 Å². The summed E-state index contributed by atoms with van der Waals surface area (Å²) in [6.07, 6.45) is 0. The maximum absolute atomic E-state index is 12.9. The van der Waals surface area contributed by atoms with Gasteiger partial charge in [-0.3, -0.25) is 10.1 Å². The number of non-ortho nitro benzene ring substituents is 1. The average molecular weight is 390 g/mol. The highest BCUT2D eigenvalue weighted by Crippen LogP contribution is 2.19. The van der Waals surface area contributed by atoms with Gasteiger partial charge in [-0.15, -0.1) is 0 Å². The molecule has 0 atom stereocenters. The smallest absolute Gasteiger partial charge is 0.269 e. The molecule has 0 unspecified atom stereocenters. The zero-order valence-electron chi connectivity index (χ0n) is 15.5. The van der Waals surface area contributed by atoms with E-state index >= 15 is 0 Å². The van der Waals surface area contributed by atoms with Crippen LogP contribution in [0.2, 0.25) is 0 Å². The highest BCUT2D eigenvalue weighted by atomic mass is 32.2. The Bertz CT molecular complexity index is 934. The van der Waals surface area contributed by atoms with Crippen LogP contribution >= 0.6 is 0 Å². The first kappa shape index (κ1) is 19.5. The summed E-state index contributed by atoms with van der Waals surface area (Å²) in [7, 11) is -3.47. The summed E-state index contributed by atoms with van der Waals surface area (Å²) in [5, 5.41) is 10.7. The lowest BCUT2D eigenvalue weighted by atomic mass is 10.1. The third-order valence-electron chi connectivity index (χ3n) is 5.15. The van der Waals surface area contributed by atoms with Crippen LogP contribution in [0, 0.1) is 24.0 Å². The summed E-state index contributed by atoms with van der Waals surface area (Å²) < 4.78 is 27.3. The summed E-state index contributed by atoms with van der Waals surface area (Å²) >= 11 is 0. The van der Waals surface area contributed by atoms with Gasteiger partial charge in [0.25, 0.3) is 5.69 Å². The van der Waals surface area contributed by atoms with Gasteiger partial charge in [-0.2, -0.15) is 4.31 Å². The first-order valence-corrected chi connectivity index (χ1v) is 10.4. The largest absolute Gasteiger partial charge is 0.329 e. The lowest BCUT2D eigenvalue weighted by molar-refractivity contribution is -0.917. The Kier molecular flexibility index (Phi) is 5.59. The molecule has 144 valence electrons. The molecule has 8 heteroatoms. The number of hydrogen-bond acceptors (Lipinski definition) is 4. The summed E-state index contributed by atoms with van der Waals surface area (Å²) in [5.74, 6) is 0. The summed E-state index contributed by atoms with van der Waals surface area (Å²) in [5.41, 5.74) is 3.14. The van der Waals surface area contributed by atoms with Crippen LogP contribution in [-0.4, -0.2) is 43.8 Å². The molecule has 0 saturated carbocycles. The standard InChI is InChI=1S/C19H23N3O4S/c1-15-3-8-19(13-16(15)2)27(25,26)21-11-9-20(10-12-21)14-17-4-6-18(7-5-17)22(23)24/h3-8,13H,9-12,14H2,1-2H3/p+1. The Hall–Kier alpha value is -2.29. The Balaban J connectivity index is 1.62. The van der Waals surface area contributed by atoms with E-state index in [4.69, 9.17) is 0 Å². The lowest BCUT2D eigenvalue weighted by Gasteiger charge is -2.31. The topological polar surface area (TPSA) is 85.0 Å². The fraction of sp³-hybridized carbons (Fsp3) is 0.368. The number of nitro groups is 1. The number of quaternary nitrogens is 1. The van der Waals surface area contributed by atoms with Gasteiger partial charge in [0.15, 0.2) is 0 Å². The number of piperazine rings is 1.